The zero-order valence-corrected chi connectivity index (χ0v) is 15.4. The molecule has 1 amide bonds. The van der Waals surface area contributed by atoms with E-state index >= 15 is 0 Å². The molecule has 0 N–H and O–H groups in total. The van der Waals surface area contributed by atoms with Crippen LogP contribution in [0.4, 0.5) is 5.69 Å². The number of anilines is 1. The van der Waals surface area contributed by atoms with Crippen LogP contribution >= 0.6 is 39.1 Å². The van der Waals surface area contributed by atoms with Crippen LogP contribution in [0.1, 0.15) is 6.42 Å². The fraction of sp³-hybridized carbons (Fsp3) is 0.118. The summed E-state index contributed by atoms with van der Waals surface area (Å²) >= 11 is 15.9. The van der Waals surface area contributed by atoms with Crippen LogP contribution in [-0.2, 0) is 4.79 Å². The highest BCUT2D eigenvalue weighted by molar-refractivity contribution is 9.09. The van der Waals surface area contributed by atoms with Crippen molar-refractivity contribution in [2.45, 2.75) is 6.42 Å². The number of pyridine rings is 1. The van der Waals surface area contributed by atoms with Gasteiger partial charge >= 0.3 is 0 Å². The van der Waals surface area contributed by atoms with Crippen molar-refractivity contribution in [2.24, 2.45) is 5.10 Å². The van der Waals surface area contributed by atoms with Gasteiger partial charge in [0, 0.05) is 21.1 Å². The zero-order chi connectivity index (χ0) is 16.8. The molecule has 2 aromatic carbocycles. The maximum absolute atomic E-state index is 12.5. The molecule has 1 aliphatic rings. The van der Waals surface area contributed by atoms with Gasteiger partial charge in [-0.3, -0.25) is 4.79 Å². The zero-order valence-electron chi connectivity index (χ0n) is 12.3. The van der Waals surface area contributed by atoms with E-state index in [2.05, 4.69) is 26.0 Å². The Bertz CT molecular complexity index is 1040. The molecule has 24 heavy (non-hydrogen) atoms. The molecule has 0 unspecified atom stereocenters. The summed E-state index contributed by atoms with van der Waals surface area (Å²) in [6, 6.07) is 11.0. The number of carbonyl (C=O) groups is 1. The Morgan fingerprint density at radius 2 is 1.96 bits per heavy atom. The molecule has 4 rings (SSSR count). The summed E-state index contributed by atoms with van der Waals surface area (Å²) in [5.74, 6) is -0.0850. The summed E-state index contributed by atoms with van der Waals surface area (Å²) in [6.07, 6.45) is 0.289. The predicted octanol–water partition coefficient (Wildman–Crippen LogP) is 5.18. The molecule has 0 bridgehead atoms. The van der Waals surface area contributed by atoms with Gasteiger partial charge in [-0.15, -0.1) is 0 Å². The van der Waals surface area contributed by atoms with E-state index in [0.29, 0.717) is 32.0 Å². The molecule has 0 saturated heterocycles. The van der Waals surface area contributed by atoms with Gasteiger partial charge in [0.05, 0.1) is 33.9 Å². The van der Waals surface area contributed by atoms with Crippen molar-refractivity contribution >= 4 is 78.2 Å². The molecular formula is C17H10BrCl2N3O. The molecule has 0 aliphatic carbocycles. The number of amides is 1. The van der Waals surface area contributed by atoms with Crippen molar-refractivity contribution in [1.82, 2.24) is 4.98 Å². The van der Waals surface area contributed by atoms with Gasteiger partial charge in [0.25, 0.3) is 5.91 Å². The highest BCUT2D eigenvalue weighted by Crippen LogP contribution is 2.39. The molecule has 1 aliphatic heterocycles. The molecule has 0 atom stereocenters. The highest BCUT2D eigenvalue weighted by Gasteiger charge is 2.28. The number of benzene rings is 2. The molecule has 2 heterocycles. The third kappa shape index (κ3) is 2.48. The Balaban J connectivity index is 2.14. The van der Waals surface area contributed by atoms with Crippen molar-refractivity contribution < 1.29 is 4.79 Å². The minimum atomic E-state index is -0.0850. The molecule has 7 heteroatoms. The van der Waals surface area contributed by atoms with Crippen LogP contribution in [-0.4, -0.2) is 21.9 Å². The van der Waals surface area contributed by atoms with E-state index in [0.717, 1.165) is 16.6 Å². The summed E-state index contributed by atoms with van der Waals surface area (Å²) < 4.78 is 0. The van der Waals surface area contributed by atoms with Crippen LogP contribution in [0.15, 0.2) is 41.5 Å². The number of fused-ring (bicyclic) bond motifs is 2. The lowest BCUT2D eigenvalue weighted by Crippen LogP contribution is -2.20. The molecule has 120 valence electrons. The number of hydrogen-bond donors (Lipinski definition) is 0. The number of alkyl halides is 1. The van der Waals surface area contributed by atoms with Crippen LogP contribution in [0, 0.1) is 0 Å². The molecule has 0 radical (unpaired) electrons. The van der Waals surface area contributed by atoms with Crippen LogP contribution in [0.5, 0.6) is 0 Å². The smallest absolute Gasteiger partial charge is 0.253 e. The van der Waals surface area contributed by atoms with Crippen LogP contribution < -0.4 is 5.01 Å². The topological polar surface area (TPSA) is 45.6 Å². The largest absolute Gasteiger partial charge is 0.272 e. The highest BCUT2D eigenvalue weighted by atomic mass is 79.9. The van der Waals surface area contributed by atoms with E-state index in [1.807, 2.05) is 24.3 Å². The predicted molar refractivity (Wildman–Crippen MR) is 103 cm³/mol. The lowest BCUT2D eigenvalue weighted by Gasteiger charge is -2.18. The Hall–Kier alpha value is -1.69. The molecule has 3 aromatic rings. The molecule has 0 fully saturated rings. The number of rotatable bonds is 2. The normalized spacial score (nSPS) is 14.7. The Kier molecular flexibility index (Phi) is 3.95. The van der Waals surface area contributed by atoms with E-state index in [9.17, 15) is 4.79 Å². The molecule has 0 spiro atoms. The second-order valence-corrected chi connectivity index (χ2v) is 6.85. The number of para-hydroxylation sites is 1. The summed E-state index contributed by atoms with van der Waals surface area (Å²) in [4.78, 5) is 17.1. The van der Waals surface area contributed by atoms with Crippen LogP contribution in [0.3, 0.4) is 0 Å². The molecule has 4 nitrogen and oxygen atoms in total. The first-order chi connectivity index (χ1) is 11.6. The first-order valence-corrected chi connectivity index (χ1v) is 9.09. The fourth-order valence-electron chi connectivity index (χ4n) is 2.86. The summed E-state index contributed by atoms with van der Waals surface area (Å²) in [6.45, 7) is 0. The lowest BCUT2D eigenvalue weighted by atomic mass is 10.1. The standard InChI is InChI=1S/C17H10BrCl2N3O/c18-8-10-7-15(24)23(22-10)17-11-3-1-2-4-14(11)21-16-12(17)5-9(19)6-13(16)20/h1-6H,7-8H2. The first kappa shape index (κ1) is 15.8. The molecular weight excluding hydrogens is 413 g/mol. The van der Waals surface area contributed by atoms with E-state index in [4.69, 9.17) is 23.2 Å². The van der Waals surface area contributed by atoms with Crippen molar-refractivity contribution in [3.63, 3.8) is 0 Å². The summed E-state index contributed by atoms with van der Waals surface area (Å²) in [5, 5.41) is 8.92. The average Bonchev–Trinajstić information content (AvgIpc) is 2.94. The number of aromatic nitrogens is 1. The van der Waals surface area contributed by atoms with E-state index < -0.39 is 0 Å². The van der Waals surface area contributed by atoms with Crippen molar-refractivity contribution in [2.75, 3.05) is 10.3 Å². The quantitative estimate of drug-likeness (QED) is 0.421. The van der Waals surface area contributed by atoms with E-state index in [1.54, 1.807) is 12.1 Å². The summed E-state index contributed by atoms with van der Waals surface area (Å²) in [5.41, 5.74) is 2.80. The Morgan fingerprint density at radius 3 is 2.71 bits per heavy atom. The molecule has 0 saturated carbocycles. The van der Waals surface area contributed by atoms with Gasteiger partial charge in [-0.05, 0) is 18.2 Å². The lowest BCUT2D eigenvalue weighted by molar-refractivity contribution is -0.116. The SMILES string of the molecule is O=C1CC(CBr)=NN1c1c2ccccc2nc2c(Cl)cc(Cl)cc12. The number of halogens is 3. The second kappa shape index (κ2) is 5.99. The Labute approximate surface area is 156 Å². The van der Waals surface area contributed by atoms with Gasteiger partial charge < -0.3 is 0 Å². The number of carbonyl (C=O) groups excluding carboxylic acids is 1. The third-order valence-electron chi connectivity index (χ3n) is 3.87. The van der Waals surface area contributed by atoms with Crippen molar-refractivity contribution in [3.8, 4) is 0 Å². The monoisotopic (exact) mass is 421 g/mol. The van der Waals surface area contributed by atoms with Crippen molar-refractivity contribution in [1.29, 1.82) is 0 Å². The first-order valence-electron chi connectivity index (χ1n) is 7.21. The number of hydrogen-bond acceptors (Lipinski definition) is 3. The maximum Gasteiger partial charge on any atom is 0.253 e. The van der Waals surface area contributed by atoms with Gasteiger partial charge in [0.2, 0.25) is 0 Å². The summed E-state index contributed by atoms with van der Waals surface area (Å²) in [7, 11) is 0. The van der Waals surface area contributed by atoms with Crippen LogP contribution in [0.2, 0.25) is 10.0 Å². The maximum atomic E-state index is 12.5. The van der Waals surface area contributed by atoms with Gasteiger partial charge in [-0.25, -0.2) is 4.98 Å². The second-order valence-electron chi connectivity index (χ2n) is 5.44. The van der Waals surface area contributed by atoms with Gasteiger partial charge in [-0.2, -0.15) is 10.1 Å². The van der Waals surface area contributed by atoms with E-state index in [-0.39, 0.29) is 12.3 Å². The Morgan fingerprint density at radius 1 is 1.17 bits per heavy atom. The fourth-order valence-corrected chi connectivity index (χ4v) is 3.70. The van der Waals surface area contributed by atoms with E-state index in [1.165, 1.54) is 5.01 Å². The van der Waals surface area contributed by atoms with Gasteiger partial charge in [0.1, 0.15) is 0 Å². The average molecular weight is 423 g/mol. The van der Waals surface area contributed by atoms with Crippen molar-refractivity contribution in [3.05, 3.63) is 46.4 Å². The molecule has 1 aromatic heterocycles. The van der Waals surface area contributed by atoms with Gasteiger partial charge in [-0.1, -0.05) is 57.3 Å². The number of nitrogens with zero attached hydrogens (tertiary/aromatic N) is 3. The minimum Gasteiger partial charge on any atom is -0.272 e. The number of hydrazone groups is 1. The minimum absolute atomic E-state index is 0.0850. The third-order valence-corrected chi connectivity index (χ3v) is 5.03. The van der Waals surface area contributed by atoms with Gasteiger partial charge in [0.15, 0.2) is 0 Å². The van der Waals surface area contributed by atoms with Crippen LogP contribution in [0.25, 0.3) is 21.8 Å².